The third kappa shape index (κ3) is 4.27. The van der Waals surface area contributed by atoms with Crippen molar-refractivity contribution < 1.29 is 4.74 Å². The molecule has 0 saturated carbocycles. The Morgan fingerprint density at radius 2 is 1.71 bits per heavy atom. The Bertz CT molecular complexity index is 329. The number of ether oxygens (including phenoxy) is 1. The predicted octanol–water partition coefficient (Wildman–Crippen LogP) is 2.77. The highest BCUT2D eigenvalue weighted by molar-refractivity contribution is 5.51. The van der Waals surface area contributed by atoms with Gasteiger partial charge in [0.1, 0.15) is 12.4 Å². The minimum Gasteiger partial charge on any atom is -0.490 e. The van der Waals surface area contributed by atoms with E-state index in [0.717, 1.165) is 12.3 Å². The van der Waals surface area contributed by atoms with Gasteiger partial charge in [-0.1, -0.05) is 12.1 Å². The number of nitrogens with zero attached hydrogens (tertiary/aromatic N) is 1. The smallest absolute Gasteiger partial charge is 0.142 e. The van der Waals surface area contributed by atoms with Crippen LogP contribution in [0.3, 0.4) is 0 Å². The topological polar surface area (TPSA) is 38.5 Å². The first-order chi connectivity index (χ1) is 8.02. The summed E-state index contributed by atoms with van der Waals surface area (Å²) in [4.78, 5) is 2.40. The van der Waals surface area contributed by atoms with Gasteiger partial charge in [-0.25, -0.2) is 0 Å². The molecule has 0 aliphatic heterocycles. The second-order valence-corrected chi connectivity index (χ2v) is 4.81. The van der Waals surface area contributed by atoms with Crippen molar-refractivity contribution in [1.29, 1.82) is 0 Å². The Hall–Kier alpha value is -1.22. The molecule has 0 saturated heterocycles. The quantitative estimate of drug-likeness (QED) is 0.772. The standard InChI is InChI=1S/C14H24N2O/c1-11(2)16(12(3)4)9-10-17-14-8-6-5-7-13(14)15/h5-8,11-12H,9-10,15H2,1-4H3. The summed E-state index contributed by atoms with van der Waals surface area (Å²) in [5.74, 6) is 0.778. The monoisotopic (exact) mass is 236 g/mol. The zero-order valence-corrected chi connectivity index (χ0v) is 11.3. The van der Waals surface area contributed by atoms with E-state index in [-0.39, 0.29) is 0 Å². The molecule has 0 atom stereocenters. The molecule has 0 aliphatic rings. The van der Waals surface area contributed by atoms with Gasteiger partial charge in [0, 0.05) is 18.6 Å². The Balaban J connectivity index is 2.44. The van der Waals surface area contributed by atoms with Crippen LogP contribution >= 0.6 is 0 Å². The molecule has 0 aromatic heterocycles. The van der Waals surface area contributed by atoms with Gasteiger partial charge >= 0.3 is 0 Å². The van der Waals surface area contributed by atoms with Gasteiger partial charge in [-0.05, 0) is 39.8 Å². The highest BCUT2D eigenvalue weighted by atomic mass is 16.5. The minimum atomic E-state index is 0.534. The summed E-state index contributed by atoms with van der Waals surface area (Å²) < 4.78 is 5.70. The van der Waals surface area contributed by atoms with Crippen LogP contribution in [0, 0.1) is 0 Å². The molecule has 1 aromatic rings. The molecule has 0 amide bonds. The van der Waals surface area contributed by atoms with Crippen LogP contribution in [0.25, 0.3) is 0 Å². The second kappa shape index (κ2) is 6.50. The maximum absolute atomic E-state index is 5.82. The van der Waals surface area contributed by atoms with Gasteiger partial charge in [0.2, 0.25) is 0 Å². The van der Waals surface area contributed by atoms with Gasteiger partial charge in [-0.15, -0.1) is 0 Å². The van der Waals surface area contributed by atoms with Crippen molar-refractivity contribution in [1.82, 2.24) is 4.90 Å². The van der Waals surface area contributed by atoms with E-state index < -0.39 is 0 Å². The number of nitrogens with two attached hydrogens (primary N) is 1. The molecule has 2 N–H and O–H groups in total. The summed E-state index contributed by atoms with van der Waals surface area (Å²) >= 11 is 0. The molecule has 0 bridgehead atoms. The number of rotatable bonds is 6. The maximum atomic E-state index is 5.82. The fourth-order valence-corrected chi connectivity index (χ4v) is 1.99. The van der Waals surface area contributed by atoms with E-state index in [1.807, 2.05) is 24.3 Å². The fourth-order valence-electron chi connectivity index (χ4n) is 1.99. The molecule has 1 aromatic carbocycles. The number of anilines is 1. The Morgan fingerprint density at radius 3 is 2.24 bits per heavy atom. The average molecular weight is 236 g/mol. The zero-order chi connectivity index (χ0) is 12.8. The first kappa shape index (κ1) is 13.8. The first-order valence-corrected chi connectivity index (χ1v) is 6.25. The van der Waals surface area contributed by atoms with E-state index in [4.69, 9.17) is 10.5 Å². The Morgan fingerprint density at radius 1 is 1.12 bits per heavy atom. The lowest BCUT2D eigenvalue weighted by molar-refractivity contribution is 0.142. The van der Waals surface area contributed by atoms with E-state index in [0.29, 0.717) is 24.4 Å². The molecule has 0 fully saturated rings. The van der Waals surface area contributed by atoms with Crippen LogP contribution in [0.4, 0.5) is 5.69 Å². The second-order valence-electron chi connectivity index (χ2n) is 4.81. The van der Waals surface area contributed by atoms with Crippen molar-refractivity contribution in [3.8, 4) is 5.75 Å². The van der Waals surface area contributed by atoms with E-state index >= 15 is 0 Å². The van der Waals surface area contributed by atoms with Gasteiger partial charge in [0.15, 0.2) is 0 Å². The molecule has 3 heteroatoms. The minimum absolute atomic E-state index is 0.534. The molecular weight excluding hydrogens is 212 g/mol. The van der Waals surface area contributed by atoms with E-state index in [2.05, 4.69) is 32.6 Å². The fraction of sp³-hybridized carbons (Fsp3) is 0.571. The van der Waals surface area contributed by atoms with Crippen LogP contribution < -0.4 is 10.5 Å². The highest BCUT2D eigenvalue weighted by Gasteiger charge is 2.12. The summed E-state index contributed by atoms with van der Waals surface area (Å²) in [7, 11) is 0. The van der Waals surface area contributed by atoms with Gasteiger partial charge < -0.3 is 10.5 Å². The van der Waals surface area contributed by atoms with Crippen molar-refractivity contribution in [3.05, 3.63) is 24.3 Å². The average Bonchev–Trinajstić information content (AvgIpc) is 2.25. The van der Waals surface area contributed by atoms with Crippen LogP contribution in [0.5, 0.6) is 5.75 Å². The number of nitrogen functional groups attached to an aromatic ring is 1. The molecule has 3 nitrogen and oxygen atoms in total. The molecule has 0 radical (unpaired) electrons. The number of para-hydroxylation sites is 2. The van der Waals surface area contributed by atoms with E-state index in [1.165, 1.54) is 0 Å². The van der Waals surface area contributed by atoms with Gasteiger partial charge in [-0.2, -0.15) is 0 Å². The molecular formula is C14H24N2O. The largest absolute Gasteiger partial charge is 0.490 e. The third-order valence-electron chi connectivity index (χ3n) is 2.85. The Kier molecular flexibility index (Phi) is 5.29. The molecule has 0 spiro atoms. The van der Waals surface area contributed by atoms with E-state index in [1.54, 1.807) is 0 Å². The molecule has 0 heterocycles. The van der Waals surface area contributed by atoms with Crippen molar-refractivity contribution in [3.63, 3.8) is 0 Å². The van der Waals surface area contributed by atoms with Crippen LogP contribution in [-0.2, 0) is 0 Å². The Labute approximate surface area is 105 Å². The molecule has 17 heavy (non-hydrogen) atoms. The number of benzene rings is 1. The summed E-state index contributed by atoms with van der Waals surface area (Å²) in [6.07, 6.45) is 0. The zero-order valence-electron chi connectivity index (χ0n) is 11.3. The highest BCUT2D eigenvalue weighted by Crippen LogP contribution is 2.19. The lowest BCUT2D eigenvalue weighted by Crippen LogP contribution is -2.39. The normalized spacial score (nSPS) is 11.5. The third-order valence-corrected chi connectivity index (χ3v) is 2.85. The van der Waals surface area contributed by atoms with Crippen molar-refractivity contribution >= 4 is 5.69 Å². The van der Waals surface area contributed by atoms with Crippen LogP contribution in [-0.4, -0.2) is 30.1 Å². The number of hydrogen-bond acceptors (Lipinski definition) is 3. The number of hydrogen-bond donors (Lipinski definition) is 1. The van der Waals surface area contributed by atoms with Crippen molar-refractivity contribution in [2.24, 2.45) is 0 Å². The first-order valence-electron chi connectivity index (χ1n) is 6.25. The summed E-state index contributed by atoms with van der Waals surface area (Å²) in [5.41, 5.74) is 6.52. The maximum Gasteiger partial charge on any atom is 0.142 e. The summed E-state index contributed by atoms with van der Waals surface area (Å²) in [6, 6.07) is 8.69. The van der Waals surface area contributed by atoms with Gasteiger partial charge in [-0.3, -0.25) is 4.90 Å². The SMILES string of the molecule is CC(C)N(CCOc1ccccc1N)C(C)C. The lowest BCUT2D eigenvalue weighted by atomic mass is 10.2. The van der Waals surface area contributed by atoms with Gasteiger partial charge in [0.05, 0.1) is 5.69 Å². The van der Waals surface area contributed by atoms with Crippen molar-refractivity contribution in [2.75, 3.05) is 18.9 Å². The predicted molar refractivity (Wildman–Crippen MR) is 73.3 cm³/mol. The molecule has 0 aliphatic carbocycles. The molecule has 1 rings (SSSR count). The van der Waals surface area contributed by atoms with E-state index in [9.17, 15) is 0 Å². The summed E-state index contributed by atoms with van der Waals surface area (Å²) in [6.45, 7) is 10.4. The lowest BCUT2D eigenvalue weighted by Gasteiger charge is -2.30. The van der Waals surface area contributed by atoms with Crippen LogP contribution in [0.15, 0.2) is 24.3 Å². The molecule has 0 unspecified atom stereocenters. The summed E-state index contributed by atoms with van der Waals surface area (Å²) in [5, 5.41) is 0. The molecule has 96 valence electrons. The van der Waals surface area contributed by atoms with Crippen LogP contribution in [0.2, 0.25) is 0 Å². The van der Waals surface area contributed by atoms with Crippen molar-refractivity contribution in [2.45, 2.75) is 39.8 Å². The van der Waals surface area contributed by atoms with Gasteiger partial charge in [0.25, 0.3) is 0 Å². The van der Waals surface area contributed by atoms with Crippen LogP contribution in [0.1, 0.15) is 27.7 Å².